The summed E-state index contributed by atoms with van der Waals surface area (Å²) in [5.74, 6) is -0.184. The summed E-state index contributed by atoms with van der Waals surface area (Å²) in [5, 5.41) is 14.0. The normalized spacial score (nSPS) is 14.3. The Labute approximate surface area is 484 Å². The van der Waals surface area contributed by atoms with E-state index in [0.717, 1.165) is 70.6 Å². The molecule has 0 spiro atoms. The largest absolute Gasteiger partial charge is 0.472 e. The van der Waals surface area contributed by atoms with Gasteiger partial charge >= 0.3 is 7.82 Å². The number of nitrogens with zero attached hydrogens (tertiary/aromatic N) is 1. The molecule has 0 saturated heterocycles. The predicted molar refractivity (Wildman–Crippen MR) is 341 cm³/mol. The number of phosphoric ester groups is 1. The number of amides is 1. The summed E-state index contributed by atoms with van der Waals surface area (Å²) < 4.78 is 23.8. The van der Waals surface area contributed by atoms with E-state index < -0.39 is 20.0 Å². The van der Waals surface area contributed by atoms with Gasteiger partial charge in [-0.05, 0) is 77.0 Å². The third-order valence-corrected chi connectivity index (χ3v) is 15.6. The number of aliphatic hydroxyl groups excluding tert-OH is 1. The van der Waals surface area contributed by atoms with Crippen LogP contribution in [0, 0.1) is 0 Å². The number of rotatable bonds is 60. The second-order valence-corrected chi connectivity index (χ2v) is 24.9. The highest BCUT2D eigenvalue weighted by atomic mass is 31.2. The molecule has 0 saturated carbocycles. The van der Waals surface area contributed by atoms with Crippen LogP contribution in [0.2, 0.25) is 0 Å². The molecule has 0 rings (SSSR count). The lowest BCUT2D eigenvalue weighted by molar-refractivity contribution is -0.870. The van der Waals surface area contributed by atoms with Crippen molar-refractivity contribution in [2.75, 3.05) is 40.9 Å². The number of phosphoric acid groups is 1. The second-order valence-electron chi connectivity index (χ2n) is 23.5. The van der Waals surface area contributed by atoms with Crippen molar-refractivity contribution < 1.29 is 32.9 Å². The van der Waals surface area contributed by atoms with Crippen molar-refractivity contribution in [3.63, 3.8) is 0 Å². The summed E-state index contributed by atoms with van der Waals surface area (Å²) in [6.45, 7) is 4.71. The minimum absolute atomic E-state index is 0.0551. The molecule has 9 heteroatoms. The molecule has 78 heavy (non-hydrogen) atoms. The number of likely N-dealkylation sites (N-methyl/N-ethyl adjacent to an activating group) is 1. The van der Waals surface area contributed by atoms with Gasteiger partial charge in [0.25, 0.3) is 0 Å². The smallest absolute Gasteiger partial charge is 0.387 e. The van der Waals surface area contributed by atoms with Gasteiger partial charge in [0.15, 0.2) is 0 Å². The lowest BCUT2D eigenvalue weighted by Gasteiger charge is -2.25. The van der Waals surface area contributed by atoms with Gasteiger partial charge in [-0.2, -0.15) is 0 Å². The maximum absolute atomic E-state index is 13.0. The van der Waals surface area contributed by atoms with Crippen LogP contribution in [-0.2, 0) is 18.4 Å². The number of allylic oxidation sites excluding steroid dienone is 13. The molecule has 0 aromatic heterocycles. The Morgan fingerprint density at radius 3 is 1.18 bits per heavy atom. The zero-order valence-electron chi connectivity index (χ0n) is 51.9. The first-order chi connectivity index (χ1) is 38.0. The molecule has 3 atom stereocenters. The van der Waals surface area contributed by atoms with E-state index >= 15 is 0 Å². The van der Waals surface area contributed by atoms with Crippen molar-refractivity contribution in [3.05, 3.63) is 85.1 Å². The van der Waals surface area contributed by atoms with Gasteiger partial charge in [-0.25, -0.2) is 4.57 Å². The number of hydrogen-bond acceptors (Lipinski definition) is 5. The van der Waals surface area contributed by atoms with Crippen molar-refractivity contribution in [2.45, 2.75) is 309 Å². The highest BCUT2D eigenvalue weighted by molar-refractivity contribution is 7.47. The summed E-state index contributed by atoms with van der Waals surface area (Å²) in [6, 6.07) is -0.867. The molecule has 0 heterocycles. The first-order valence-corrected chi connectivity index (χ1v) is 34.5. The average molecular weight is 1110 g/mol. The average Bonchev–Trinajstić information content (AvgIpc) is 3.41. The minimum atomic E-state index is -4.36. The molecule has 0 aliphatic heterocycles. The van der Waals surface area contributed by atoms with Gasteiger partial charge in [0.05, 0.1) is 39.9 Å². The summed E-state index contributed by atoms with van der Waals surface area (Å²) in [6.07, 6.45) is 84.3. The fraction of sp³-hybridized carbons (Fsp3) is 0.783. The summed E-state index contributed by atoms with van der Waals surface area (Å²) in [5.41, 5.74) is 0. The summed E-state index contributed by atoms with van der Waals surface area (Å²) in [4.78, 5) is 23.4. The van der Waals surface area contributed by atoms with Crippen LogP contribution in [0.1, 0.15) is 296 Å². The monoisotopic (exact) mass is 1110 g/mol. The van der Waals surface area contributed by atoms with Crippen LogP contribution < -0.4 is 5.32 Å². The zero-order valence-corrected chi connectivity index (χ0v) is 52.8. The molecule has 0 bridgehead atoms. The molecule has 0 aromatic carbocycles. The Morgan fingerprint density at radius 1 is 0.449 bits per heavy atom. The van der Waals surface area contributed by atoms with Crippen molar-refractivity contribution in [1.29, 1.82) is 0 Å². The van der Waals surface area contributed by atoms with E-state index in [9.17, 15) is 19.4 Å². The fourth-order valence-electron chi connectivity index (χ4n) is 9.50. The number of hydrogen-bond donors (Lipinski definition) is 3. The van der Waals surface area contributed by atoms with Crippen molar-refractivity contribution in [1.82, 2.24) is 5.32 Å². The molecule has 0 radical (unpaired) electrons. The van der Waals surface area contributed by atoms with Gasteiger partial charge < -0.3 is 19.8 Å². The van der Waals surface area contributed by atoms with E-state index in [1.807, 2.05) is 27.2 Å². The fourth-order valence-corrected chi connectivity index (χ4v) is 10.2. The van der Waals surface area contributed by atoms with Crippen molar-refractivity contribution in [3.8, 4) is 0 Å². The van der Waals surface area contributed by atoms with Crippen molar-refractivity contribution in [2.24, 2.45) is 0 Å². The number of quaternary nitrogens is 1. The molecule has 3 unspecified atom stereocenters. The third kappa shape index (κ3) is 61.3. The van der Waals surface area contributed by atoms with Gasteiger partial charge in [0.2, 0.25) is 5.91 Å². The molecule has 0 aliphatic rings. The number of carbonyl (C=O) groups is 1. The Kier molecular flexibility index (Phi) is 57.5. The highest BCUT2D eigenvalue weighted by Gasteiger charge is 2.27. The van der Waals surface area contributed by atoms with Gasteiger partial charge in [-0.1, -0.05) is 298 Å². The highest BCUT2D eigenvalue weighted by Crippen LogP contribution is 2.43. The summed E-state index contributed by atoms with van der Waals surface area (Å²) in [7, 11) is 1.56. The molecule has 0 aliphatic carbocycles. The van der Waals surface area contributed by atoms with Gasteiger partial charge in [-0.15, -0.1) is 0 Å². The molecular weight excluding hydrogens is 984 g/mol. The molecule has 0 aromatic rings. The Morgan fingerprint density at radius 2 is 0.782 bits per heavy atom. The topological polar surface area (TPSA) is 105 Å². The number of nitrogens with one attached hydrogen (secondary N) is 1. The lowest BCUT2D eigenvalue weighted by atomic mass is 10.0. The Bertz CT molecular complexity index is 1550. The van der Waals surface area contributed by atoms with Crippen LogP contribution in [-0.4, -0.2) is 73.4 Å². The second kappa shape index (κ2) is 59.3. The van der Waals surface area contributed by atoms with Crippen LogP contribution >= 0.6 is 7.82 Å². The maximum Gasteiger partial charge on any atom is 0.472 e. The van der Waals surface area contributed by atoms with Gasteiger partial charge in [0, 0.05) is 6.42 Å². The van der Waals surface area contributed by atoms with E-state index in [0.29, 0.717) is 17.4 Å². The number of aliphatic hydroxyl groups is 1. The lowest BCUT2D eigenvalue weighted by Crippen LogP contribution is -2.45. The van der Waals surface area contributed by atoms with Gasteiger partial charge in [-0.3, -0.25) is 13.8 Å². The minimum Gasteiger partial charge on any atom is -0.387 e. The zero-order chi connectivity index (χ0) is 57.0. The molecular formula is C69H128N2O6P+. The van der Waals surface area contributed by atoms with E-state index in [1.165, 1.54) is 205 Å². The first kappa shape index (κ1) is 75.7. The van der Waals surface area contributed by atoms with Crippen LogP contribution in [0.5, 0.6) is 0 Å². The SMILES string of the molecule is CC/C=C\C/C=C\C/C=C\C/C=C\C/C=C\CCCCCCCCCCCCCCCCCCCCCC(=O)NC(COP(=O)(O)OCC[N+](C)(C)C)C(O)/C=C/CC/C=C/CCCCCCCCCCCCCCCCC. The first-order valence-electron chi connectivity index (χ1n) is 33.0. The van der Waals surface area contributed by atoms with Crippen LogP contribution in [0.15, 0.2) is 85.1 Å². The molecule has 0 fully saturated rings. The van der Waals surface area contributed by atoms with Gasteiger partial charge in [0.1, 0.15) is 13.2 Å². The molecule has 3 N–H and O–H groups in total. The molecule has 1 amide bonds. The van der Waals surface area contributed by atoms with Crippen molar-refractivity contribution >= 4 is 13.7 Å². The van der Waals surface area contributed by atoms with E-state index in [2.05, 4.69) is 92.1 Å². The van der Waals surface area contributed by atoms with Crippen LogP contribution in [0.25, 0.3) is 0 Å². The number of carbonyl (C=O) groups excluding carboxylic acids is 1. The third-order valence-electron chi connectivity index (χ3n) is 14.6. The van der Waals surface area contributed by atoms with Crippen LogP contribution in [0.3, 0.4) is 0 Å². The molecule has 454 valence electrons. The van der Waals surface area contributed by atoms with E-state index in [-0.39, 0.29) is 19.1 Å². The number of unbranched alkanes of at least 4 members (excludes halogenated alkanes) is 35. The molecule has 8 nitrogen and oxygen atoms in total. The summed E-state index contributed by atoms with van der Waals surface area (Å²) >= 11 is 0. The van der Waals surface area contributed by atoms with E-state index in [4.69, 9.17) is 9.05 Å². The Hall–Kier alpha value is -2.32. The standard InChI is InChI=1S/C69H127N2O6P/c1-6-8-10-12-14-16-18-20-22-24-26-28-29-30-31-32-33-34-35-36-37-38-39-40-41-43-45-47-49-51-53-55-57-59-61-63-69(73)70-67(66-77-78(74,75)76-65-64-71(3,4)5)68(72)62-60-58-56-54-52-50-48-46-44-42-27-25-23-21-19-17-15-13-11-9-7-2/h8,10,14,16,20,22,26,28,30-31,52,54,60,62,67-68,72H,6-7,9,11-13,15,17-19,21,23-25,27,29,32-51,53,55-59,61,63-66H2,1-5H3,(H-,70,73,74,75)/p+1/b10-8-,16-14-,22-20-,28-26-,31-30-,54-52+,62-60+. The quantitative estimate of drug-likeness (QED) is 0.0243. The Balaban J connectivity index is 4.08. The predicted octanol–water partition coefficient (Wildman–Crippen LogP) is 20.8. The van der Waals surface area contributed by atoms with E-state index in [1.54, 1.807) is 6.08 Å². The maximum atomic E-state index is 13.0. The van der Waals surface area contributed by atoms with Crippen LogP contribution in [0.4, 0.5) is 0 Å².